The molecule has 0 aliphatic carbocycles. The van der Waals surface area contributed by atoms with Crippen molar-refractivity contribution < 1.29 is 4.79 Å². The van der Waals surface area contributed by atoms with Crippen molar-refractivity contribution in [2.75, 3.05) is 0 Å². The van der Waals surface area contributed by atoms with Gasteiger partial charge in [0.15, 0.2) is 5.12 Å². The molecule has 0 saturated heterocycles. The zero-order valence-corrected chi connectivity index (χ0v) is 4.66. The van der Waals surface area contributed by atoms with Crippen LogP contribution in [0.25, 0.3) is 0 Å². The summed E-state index contributed by atoms with van der Waals surface area (Å²) >= 11 is 3.54. The monoisotopic (exact) mass is 128 g/mol. The van der Waals surface area contributed by atoms with Crippen LogP contribution in [0.15, 0.2) is 0 Å². The normalized spacial score (nSPS) is 7.14. The molecule has 38 valence electrons. The van der Waals surface area contributed by atoms with E-state index in [2.05, 4.69) is 12.6 Å². The van der Waals surface area contributed by atoms with Gasteiger partial charge in [-0.3, -0.25) is 4.79 Å². The fourth-order valence-electron chi connectivity index (χ4n) is 0.214. The third-order valence-electron chi connectivity index (χ3n) is 0.464. The van der Waals surface area contributed by atoms with E-state index < -0.39 is 0 Å². The molecule has 7 heavy (non-hydrogen) atoms. The van der Waals surface area contributed by atoms with E-state index in [1.807, 2.05) is 6.92 Å². The molecule has 0 bridgehead atoms. The minimum absolute atomic E-state index is 0. The van der Waals surface area contributed by atoms with E-state index in [0.717, 1.165) is 6.42 Å². The van der Waals surface area contributed by atoms with Gasteiger partial charge in [-0.05, 0) is 6.42 Å². The average molecular weight is 128 g/mol. The molecule has 0 aliphatic heterocycles. The molecule has 0 fully saturated rings. The number of hydrogen-bond acceptors (Lipinski definition) is 1. The van der Waals surface area contributed by atoms with Crippen LogP contribution in [0.3, 0.4) is 0 Å². The number of carbonyl (C=O) groups is 1. The predicted molar refractivity (Wildman–Crippen MR) is 36.0 cm³/mol. The molecule has 0 atom stereocenters. The third-order valence-corrected chi connectivity index (χ3v) is 0.687. The van der Waals surface area contributed by atoms with Crippen LogP contribution >= 0.6 is 12.6 Å². The number of thiol groups is 1. The fraction of sp³-hybridized carbons (Fsp3) is 0.750. The van der Waals surface area contributed by atoms with E-state index in [1.165, 1.54) is 0 Å². The van der Waals surface area contributed by atoms with Crippen LogP contribution in [-0.2, 0) is 4.79 Å². The minimum atomic E-state index is -0.0162. The summed E-state index contributed by atoms with van der Waals surface area (Å²) in [4.78, 5) is 9.91. The van der Waals surface area contributed by atoms with Gasteiger partial charge in [0.1, 0.15) is 0 Å². The molecule has 0 heterocycles. The molecule has 0 aromatic rings. The van der Waals surface area contributed by atoms with Crippen molar-refractivity contribution in [2.24, 2.45) is 0 Å². The van der Waals surface area contributed by atoms with Gasteiger partial charge in [-0.1, -0.05) is 6.92 Å². The Labute approximate surface area is 71.6 Å². The molecule has 0 radical (unpaired) electrons. The number of carbonyl (C=O) groups excluding carboxylic acids is 1. The van der Waals surface area contributed by atoms with Crippen molar-refractivity contribution in [2.45, 2.75) is 19.8 Å². The summed E-state index contributed by atoms with van der Waals surface area (Å²) < 4.78 is 0. The van der Waals surface area contributed by atoms with Gasteiger partial charge in [-0.25, -0.2) is 0 Å². The van der Waals surface area contributed by atoms with Crippen molar-refractivity contribution in [3.8, 4) is 0 Å². The van der Waals surface area contributed by atoms with Gasteiger partial charge in [0.05, 0.1) is 0 Å². The van der Waals surface area contributed by atoms with Crippen molar-refractivity contribution in [3.63, 3.8) is 0 Å². The topological polar surface area (TPSA) is 17.1 Å². The van der Waals surface area contributed by atoms with Crippen LogP contribution in [0.1, 0.15) is 19.8 Å². The molecular formula is C4H9NaOS. The van der Waals surface area contributed by atoms with Crippen LogP contribution in [0.4, 0.5) is 0 Å². The first-order chi connectivity index (χ1) is 2.77. The molecule has 1 nitrogen and oxygen atoms in total. The summed E-state index contributed by atoms with van der Waals surface area (Å²) in [5.74, 6) is 0. The molecule has 0 rings (SSSR count). The van der Waals surface area contributed by atoms with Gasteiger partial charge in [0.25, 0.3) is 0 Å². The molecule has 0 unspecified atom stereocenters. The first-order valence-corrected chi connectivity index (χ1v) is 2.44. The molecular weight excluding hydrogens is 119 g/mol. The zero-order chi connectivity index (χ0) is 4.99. The van der Waals surface area contributed by atoms with Crippen LogP contribution in [0.2, 0.25) is 0 Å². The first kappa shape index (κ1) is 10.9. The van der Waals surface area contributed by atoms with Crippen LogP contribution in [0, 0.1) is 0 Å². The van der Waals surface area contributed by atoms with Gasteiger partial charge < -0.3 is 0 Å². The Morgan fingerprint density at radius 1 is 1.71 bits per heavy atom. The second kappa shape index (κ2) is 7.02. The molecule has 0 aromatic carbocycles. The summed E-state index contributed by atoms with van der Waals surface area (Å²) in [5, 5.41) is -0.0162. The standard InChI is InChI=1S/C4H8OS.Na.H/c1-2-3-4(5)6;;/h2-3H2,1H3,(H,5,6);;. The second-order valence-corrected chi connectivity index (χ2v) is 1.64. The molecule has 0 aromatic heterocycles. The van der Waals surface area contributed by atoms with Crippen molar-refractivity contribution >= 4 is 47.3 Å². The van der Waals surface area contributed by atoms with E-state index in [0.29, 0.717) is 6.42 Å². The number of hydrogen-bond donors (Lipinski definition) is 1. The van der Waals surface area contributed by atoms with Crippen molar-refractivity contribution in [1.82, 2.24) is 0 Å². The van der Waals surface area contributed by atoms with E-state index >= 15 is 0 Å². The van der Waals surface area contributed by atoms with Crippen LogP contribution < -0.4 is 0 Å². The molecule has 3 heteroatoms. The molecule has 0 spiro atoms. The zero-order valence-electron chi connectivity index (χ0n) is 3.77. The van der Waals surface area contributed by atoms with Gasteiger partial charge in [-0.15, -0.1) is 12.6 Å². The molecule has 0 N–H and O–H groups in total. The third kappa shape index (κ3) is 10.9. The molecule has 0 aliphatic rings. The van der Waals surface area contributed by atoms with E-state index in [9.17, 15) is 4.79 Å². The Balaban J connectivity index is 0. The predicted octanol–water partition coefficient (Wildman–Crippen LogP) is 0.594. The maximum absolute atomic E-state index is 9.91. The molecule has 0 amide bonds. The fourth-order valence-corrected chi connectivity index (χ4v) is 0.437. The summed E-state index contributed by atoms with van der Waals surface area (Å²) in [5.41, 5.74) is 0. The van der Waals surface area contributed by atoms with Crippen molar-refractivity contribution in [3.05, 3.63) is 0 Å². The van der Waals surface area contributed by atoms with E-state index in [4.69, 9.17) is 0 Å². The average Bonchev–Trinajstić information content (AvgIpc) is 1.35. The van der Waals surface area contributed by atoms with E-state index in [1.54, 1.807) is 0 Å². The van der Waals surface area contributed by atoms with Crippen LogP contribution in [-0.4, -0.2) is 34.7 Å². The van der Waals surface area contributed by atoms with Gasteiger partial charge in [-0.2, -0.15) is 0 Å². The summed E-state index contributed by atoms with van der Waals surface area (Å²) in [7, 11) is 0. The Morgan fingerprint density at radius 3 is 2.14 bits per heavy atom. The molecule has 0 saturated carbocycles. The van der Waals surface area contributed by atoms with E-state index in [-0.39, 0.29) is 34.7 Å². The Bertz CT molecular complexity index is 55.7. The quantitative estimate of drug-likeness (QED) is 0.425. The summed E-state index contributed by atoms with van der Waals surface area (Å²) in [6.07, 6.45) is 1.51. The SMILES string of the molecule is CCCC(=O)S.[NaH]. The Morgan fingerprint density at radius 2 is 2.14 bits per heavy atom. The Kier molecular flexibility index (Phi) is 10.9. The van der Waals surface area contributed by atoms with Crippen molar-refractivity contribution in [1.29, 1.82) is 0 Å². The van der Waals surface area contributed by atoms with Crippen LogP contribution in [0.5, 0.6) is 0 Å². The summed E-state index contributed by atoms with van der Waals surface area (Å²) in [6.45, 7) is 1.95. The first-order valence-electron chi connectivity index (χ1n) is 1.99. The second-order valence-electron chi connectivity index (χ2n) is 1.14. The van der Waals surface area contributed by atoms with Gasteiger partial charge >= 0.3 is 29.6 Å². The maximum atomic E-state index is 9.91. The Hall–Kier alpha value is 1.02. The summed E-state index contributed by atoms with van der Waals surface area (Å²) in [6, 6.07) is 0. The number of rotatable bonds is 2. The van der Waals surface area contributed by atoms with Gasteiger partial charge in [0, 0.05) is 6.42 Å². The van der Waals surface area contributed by atoms with Gasteiger partial charge in [0.2, 0.25) is 0 Å².